The third-order valence-electron chi connectivity index (χ3n) is 4.84. The van der Waals surface area contributed by atoms with E-state index in [2.05, 4.69) is 10.4 Å². The Labute approximate surface area is 180 Å². The minimum Gasteiger partial charge on any atom is -0.370 e. The minimum absolute atomic E-state index is 0.150. The molecule has 0 saturated heterocycles. The molecule has 9 heteroatoms. The van der Waals surface area contributed by atoms with Crippen molar-refractivity contribution in [3.8, 4) is 16.9 Å². The molecule has 2 aromatic carbocycles. The van der Waals surface area contributed by atoms with E-state index in [0.717, 1.165) is 30.5 Å². The van der Waals surface area contributed by atoms with Gasteiger partial charge in [-0.3, -0.25) is 0 Å². The van der Waals surface area contributed by atoms with Crippen LogP contribution in [0, 0.1) is 0 Å². The first-order chi connectivity index (χ1) is 13.8. The average molecular weight is 461 g/mol. The van der Waals surface area contributed by atoms with Crippen LogP contribution in [0.25, 0.3) is 16.9 Å². The molecule has 0 radical (unpaired) electrons. The molecule has 0 atom stereocenters. The van der Waals surface area contributed by atoms with E-state index in [9.17, 15) is 13.2 Å². The van der Waals surface area contributed by atoms with Crippen molar-refractivity contribution in [2.45, 2.75) is 25.4 Å². The van der Waals surface area contributed by atoms with Crippen LogP contribution in [-0.4, -0.2) is 16.3 Å². The number of nitrogens with one attached hydrogen (secondary N) is 1. The highest BCUT2D eigenvalue weighted by Crippen LogP contribution is 2.41. The Morgan fingerprint density at radius 1 is 1.00 bits per heavy atom. The van der Waals surface area contributed by atoms with E-state index in [4.69, 9.17) is 34.8 Å². The van der Waals surface area contributed by atoms with Gasteiger partial charge < -0.3 is 5.32 Å². The standard InChI is InChI=1S/C20H15Cl3F3N3/c21-14-8-7-11(20(24,25)26)10-16(14)29-19-13(4-1-2-9-27-19)18(28-29)12-5-3-6-15(22)17(12)23/h3,5-8,10,27H,1-2,4,9H2. The van der Waals surface area contributed by atoms with Crippen molar-refractivity contribution >= 4 is 40.6 Å². The predicted octanol–water partition coefficient (Wildman–Crippen LogP) is 7.27. The number of fused-ring (bicyclic) bond motifs is 1. The summed E-state index contributed by atoms with van der Waals surface area (Å²) in [7, 11) is 0. The molecule has 1 aliphatic rings. The summed E-state index contributed by atoms with van der Waals surface area (Å²) in [6, 6.07) is 8.42. The number of rotatable bonds is 2. The summed E-state index contributed by atoms with van der Waals surface area (Å²) >= 11 is 18.8. The predicted molar refractivity (Wildman–Crippen MR) is 110 cm³/mol. The number of alkyl halides is 3. The van der Waals surface area contributed by atoms with Gasteiger partial charge in [0, 0.05) is 17.7 Å². The molecule has 29 heavy (non-hydrogen) atoms. The summed E-state index contributed by atoms with van der Waals surface area (Å²) in [5, 5.41) is 8.80. The largest absolute Gasteiger partial charge is 0.416 e. The molecule has 0 bridgehead atoms. The molecular weight excluding hydrogens is 446 g/mol. The summed E-state index contributed by atoms with van der Waals surface area (Å²) in [6.45, 7) is 0.679. The summed E-state index contributed by atoms with van der Waals surface area (Å²) in [6.07, 6.45) is -1.95. The van der Waals surface area contributed by atoms with Gasteiger partial charge in [-0.1, -0.05) is 46.9 Å². The second-order valence-corrected chi connectivity index (χ2v) is 7.93. The molecule has 0 saturated carbocycles. The zero-order valence-electron chi connectivity index (χ0n) is 15.0. The fourth-order valence-electron chi connectivity index (χ4n) is 3.43. The highest BCUT2D eigenvalue weighted by Gasteiger charge is 2.32. The Bertz CT molecular complexity index is 1080. The molecule has 4 rings (SSSR count). The second kappa shape index (κ2) is 7.74. The molecule has 152 valence electrons. The lowest BCUT2D eigenvalue weighted by Crippen LogP contribution is -2.10. The second-order valence-electron chi connectivity index (χ2n) is 6.74. The van der Waals surface area contributed by atoms with Gasteiger partial charge >= 0.3 is 6.18 Å². The van der Waals surface area contributed by atoms with Crippen LogP contribution in [0.5, 0.6) is 0 Å². The van der Waals surface area contributed by atoms with E-state index in [1.807, 2.05) is 0 Å². The first-order valence-electron chi connectivity index (χ1n) is 8.94. The molecule has 2 heterocycles. The number of benzene rings is 2. The maximum absolute atomic E-state index is 13.3. The summed E-state index contributed by atoms with van der Waals surface area (Å²) in [4.78, 5) is 0. The molecule has 1 N–H and O–H groups in total. The molecule has 0 spiro atoms. The number of hydrogen-bond donors (Lipinski definition) is 1. The van der Waals surface area contributed by atoms with E-state index in [1.165, 1.54) is 10.7 Å². The van der Waals surface area contributed by atoms with Crippen LogP contribution in [0.2, 0.25) is 15.1 Å². The molecule has 0 amide bonds. The van der Waals surface area contributed by atoms with Crippen molar-refractivity contribution < 1.29 is 13.2 Å². The highest BCUT2D eigenvalue weighted by atomic mass is 35.5. The summed E-state index contributed by atoms with van der Waals surface area (Å²) < 4.78 is 41.2. The van der Waals surface area contributed by atoms with Gasteiger partial charge in [0.1, 0.15) is 5.82 Å². The maximum Gasteiger partial charge on any atom is 0.416 e. The first-order valence-corrected chi connectivity index (χ1v) is 10.1. The van der Waals surface area contributed by atoms with Crippen LogP contribution in [0.4, 0.5) is 19.0 Å². The maximum atomic E-state index is 13.3. The molecule has 1 aromatic heterocycles. The lowest BCUT2D eigenvalue weighted by Gasteiger charge is -2.13. The molecule has 3 nitrogen and oxygen atoms in total. The fraction of sp³-hybridized carbons (Fsp3) is 0.250. The minimum atomic E-state index is -4.49. The third kappa shape index (κ3) is 3.81. The van der Waals surface area contributed by atoms with Crippen LogP contribution in [0.15, 0.2) is 36.4 Å². The molecule has 0 fully saturated rings. The number of hydrogen-bond acceptors (Lipinski definition) is 2. The average Bonchev–Trinajstić information content (AvgIpc) is 2.85. The molecule has 3 aromatic rings. The molecule has 0 aliphatic carbocycles. The zero-order chi connectivity index (χ0) is 20.8. The van der Waals surface area contributed by atoms with Crippen molar-refractivity contribution in [1.82, 2.24) is 9.78 Å². The van der Waals surface area contributed by atoms with Gasteiger partial charge in [-0.05, 0) is 43.5 Å². The Kier molecular flexibility index (Phi) is 5.44. The summed E-state index contributed by atoms with van der Waals surface area (Å²) in [5.74, 6) is 0.620. The Balaban J connectivity index is 1.97. The number of anilines is 1. The topological polar surface area (TPSA) is 29.9 Å². The van der Waals surface area contributed by atoms with Crippen LogP contribution >= 0.6 is 34.8 Å². The van der Waals surface area contributed by atoms with Gasteiger partial charge in [0.05, 0.1) is 32.0 Å². The van der Waals surface area contributed by atoms with Crippen molar-refractivity contribution in [3.63, 3.8) is 0 Å². The van der Waals surface area contributed by atoms with Crippen LogP contribution in [0.1, 0.15) is 24.0 Å². The third-order valence-corrected chi connectivity index (χ3v) is 5.98. The molecule has 0 unspecified atom stereocenters. The quantitative estimate of drug-likeness (QED) is 0.436. The normalized spacial score (nSPS) is 14.3. The van der Waals surface area contributed by atoms with Crippen molar-refractivity contribution in [3.05, 3.63) is 62.6 Å². The fourth-order valence-corrected chi connectivity index (χ4v) is 4.02. The van der Waals surface area contributed by atoms with Gasteiger partial charge in [-0.25, -0.2) is 4.68 Å². The van der Waals surface area contributed by atoms with E-state index >= 15 is 0 Å². The first kappa shape index (κ1) is 20.4. The van der Waals surface area contributed by atoms with E-state index in [1.54, 1.807) is 18.2 Å². The number of halogens is 6. The van der Waals surface area contributed by atoms with Gasteiger partial charge in [-0.2, -0.15) is 18.3 Å². The lowest BCUT2D eigenvalue weighted by atomic mass is 10.0. The van der Waals surface area contributed by atoms with Crippen molar-refractivity contribution in [1.29, 1.82) is 0 Å². The Morgan fingerprint density at radius 3 is 2.55 bits per heavy atom. The van der Waals surface area contributed by atoms with Gasteiger partial charge in [-0.15, -0.1) is 0 Å². The Hall–Kier alpha value is -1.89. The number of aromatic nitrogens is 2. The summed E-state index contributed by atoms with van der Waals surface area (Å²) in [5.41, 5.74) is 1.44. The van der Waals surface area contributed by atoms with Crippen molar-refractivity contribution in [2.24, 2.45) is 0 Å². The SMILES string of the molecule is FC(F)(F)c1ccc(Cl)c(-n2nc(-c3cccc(Cl)c3Cl)c3c2NCCCC3)c1. The highest BCUT2D eigenvalue weighted by molar-refractivity contribution is 6.43. The zero-order valence-corrected chi connectivity index (χ0v) is 17.2. The Morgan fingerprint density at radius 2 is 1.79 bits per heavy atom. The number of nitrogens with zero attached hydrogens (tertiary/aromatic N) is 2. The van der Waals surface area contributed by atoms with Crippen molar-refractivity contribution in [2.75, 3.05) is 11.9 Å². The van der Waals surface area contributed by atoms with Crippen LogP contribution in [-0.2, 0) is 12.6 Å². The monoisotopic (exact) mass is 459 g/mol. The van der Waals surface area contributed by atoms with E-state index < -0.39 is 11.7 Å². The van der Waals surface area contributed by atoms with Gasteiger partial charge in [0.15, 0.2) is 0 Å². The van der Waals surface area contributed by atoms with E-state index in [0.29, 0.717) is 40.1 Å². The molecule has 1 aliphatic heterocycles. The molecular formula is C20H15Cl3F3N3. The van der Waals surface area contributed by atoms with Crippen LogP contribution < -0.4 is 5.32 Å². The van der Waals surface area contributed by atoms with E-state index in [-0.39, 0.29) is 10.7 Å². The van der Waals surface area contributed by atoms with Gasteiger partial charge in [0.25, 0.3) is 0 Å². The smallest absolute Gasteiger partial charge is 0.370 e. The lowest BCUT2D eigenvalue weighted by molar-refractivity contribution is -0.137. The van der Waals surface area contributed by atoms with Gasteiger partial charge in [0.2, 0.25) is 0 Å². The van der Waals surface area contributed by atoms with Crippen LogP contribution in [0.3, 0.4) is 0 Å².